The minimum Gasteiger partial charge on any atom is -0.373 e. The molecule has 1 amide bonds. The Bertz CT molecular complexity index is 471. The summed E-state index contributed by atoms with van der Waals surface area (Å²) >= 11 is 0. The number of aromatic nitrogens is 1. The van der Waals surface area contributed by atoms with Crippen molar-refractivity contribution in [2.45, 2.75) is 52.7 Å². The van der Waals surface area contributed by atoms with Gasteiger partial charge in [0.05, 0.1) is 24.3 Å². The molecule has 1 fully saturated rings. The predicted molar refractivity (Wildman–Crippen MR) is 83.8 cm³/mol. The number of carbonyl (C=O) groups is 1. The highest BCUT2D eigenvalue weighted by molar-refractivity contribution is 5.78. The highest BCUT2D eigenvalue weighted by Gasteiger charge is 2.21. The lowest BCUT2D eigenvalue weighted by Gasteiger charge is -2.35. The summed E-state index contributed by atoms with van der Waals surface area (Å²) in [6.07, 6.45) is 1.87. The van der Waals surface area contributed by atoms with Gasteiger partial charge in [0, 0.05) is 31.7 Å². The monoisotopic (exact) mass is 309 g/mol. The van der Waals surface area contributed by atoms with Crippen molar-refractivity contribution in [3.63, 3.8) is 0 Å². The maximum Gasteiger partial charge on any atom is 0.224 e. The number of hydrogen-bond donors (Lipinski definition) is 1. The van der Waals surface area contributed by atoms with Gasteiger partial charge in [-0.05, 0) is 34.1 Å². The van der Waals surface area contributed by atoms with E-state index in [2.05, 4.69) is 29.2 Å². The lowest BCUT2D eigenvalue weighted by Crippen LogP contribution is -2.46. The molecule has 2 unspecified atom stereocenters. The molecular formula is C16H27N3O3. The van der Waals surface area contributed by atoms with Crippen LogP contribution in [0.4, 0.5) is 0 Å². The first-order valence-corrected chi connectivity index (χ1v) is 8.02. The first-order valence-electron chi connectivity index (χ1n) is 8.02. The van der Waals surface area contributed by atoms with Gasteiger partial charge < -0.3 is 14.6 Å². The number of hydrogen-bond acceptors (Lipinski definition) is 5. The molecule has 0 aliphatic carbocycles. The van der Waals surface area contributed by atoms with Gasteiger partial charge in [-0.15, -0.1) is 0 Å². The Kier molecular flexibility index (Phi) is 5.97. The second-order valence-electron chi connectivity index (χ2n) is 6.20. The van der Waals surface area contributed by atoms with Crippen LogP contribution in [0.25, 0.3) is 0 Å². The summed E-state index contributed by atoms with van der Waals surface area (Å²) in [4.78, 5) is 14.4. The molecule has 1 N–H and O–H groups in total. The molecule has 0 radical (unpaired) electrons. The molecule has 6 nitrogen and oxygen atoms in total. The first kappa shape index (κ1) is 17.0. The van der Waals surface area contributed by atoms with Gasteiger partial charge >= 0.3 is 0 Å². The summed E-state index contributed by atoms with van der Waals surface area (Å²) in [6.45, 7) is 11.5. The molecule has 0 saturated carbocycles. The molecule has 1 saturated heterocycles. The van der Waals surface area contributed by atoms with Crippen LogP contribution >= 0.6 is 0 Å². The lowest BCUT2D eigenvalue weighted by molar-refractivity contribution is -0.120. The molecule has 2 atom stereocenters. The largest absolute Gasteiger partial charge is 0.373 e. The minimum atomic E-state index is 0.0260. The Morgan fingerprint density at radius 3 is 2.59 bits per heavy atom. The third kappa shape index (κ3) is 4.81. The van der Waals surface area contributed by atoms with Gasteiger partial charge in [0.1, 0.15) is 5.76 Å². The number of morpholine rings is 1. The van der Waals surface area contributed by atoms with Crippen LogP contribution in [0.2, 0.25) is 0 Å². The number of nitrogens with one attached hydrogen (secondary N) is 1. The van der Waals surface area contributed by atoms with Crippen molar-refractivity contribution < 1.29 is 14.1 Å². The smallest absolute Gasteiger partial charge is 0.224 e. The third-order valence-corrected chi connectivity index (χ3v) is 3.99. The van der Waals surface area contributed by atoms with Crippen molar-refractivity contribution in [2.75, 3.05) is 26.2 Å². The van der Waals surface area contributed by atoms with E-state index in [9.17, 15) is 4.79 Å². The summed E-state index contributed by atoms with van der Waals surface area (Å²) in [7, 11) is 0. The van der Waals surface area contributed by atoms with E-state index in [1.165, 1.54) is 0 Å². The average Bonchev–Trinajstić information content (AvgIpc) is 2.74. The van der Waals surface area contributed by atoms with Crippen molar-refractivity contribution in [1.82, 2.24) is 15.4 Å². The summed E-state index contributed by atoms with van der Waals surface area (Å²) < 4.78 is 10.8. The summed E-state index contributed by atoms with van der Waals surface area (Å²) in [5.74, 6) is 0.752. The second-order valence-corrected chi connectivity index (χ2v) is 6.20. The number of amides is 1. The first-order chi connectivity index (χ1) is 10.5. The van der Waals surface area contributed by atoms with Crippen LogP contribution in [-0.2, 0) is 16.0 Å². The highest BCUT2D eigenvalue weighted by atomic mass is 16.5. The maximum atomic E-state index is 12.0. The average molecular weight is 309 g/mol. The fourth-order valence-corrected chi connectivity index (χ4v) is 2.97. The van der Waals surface area contributed by atoms with E-state index in [0.717, 1.165) is 43.1 Å². The molecule has 22 heavy (non-hydrogen) atoms. The molecule has 0 aromatic carbocycles. The zero-order valence-electron chi connectivity index (χ0n) is 14.0. The van der Waals surface area contributed by atoms with E-state index in [1.54, 1.807) is 0 Å². The van der Waals surface area contributed by atoms with E-state index in [-0.39, 0.29) is 18.1 Å². The van der Waals surface area contributed by atoms with Gasteiger partial charge in [0.2, 0.25) is 5.91 Å². The highest BCUT2D eigenvalue weighted by Crippen LogP contribution is 2.13. The van der Waals surface area contributed by atoms with Crippen LogP contribution in [0.15, 0.2) is 4.52 Å². The van der Waals surface area contributed by atoms with Gasteiger partial charge in [0.15, 0.2) is 0 Å². The fraction of sp³-hybridized carbons (Fsp3) is 0.750. The molecule has 0 bridgehead atoms. The van der Waals surface area contributed by atoms with Crippen LogP contribution in [0.5, 0.6) is 0 Å². The molecule has 2 rings (SSSR count). The van der Waals surface area contributed by atoms with Crippen molar-refractivity contribution in [3.05, 3.63) is 17.0 Å². The predicted octanol–water partition coefficient (Wildman–Crippen LogP) is 1.45. The molecule has 124 valence electrons. The summed E-state index contributed by atoms with van der Waals surface area (Å²) in [5.41, 5.74) is 1.69. The number of ether oxygens (including phenoxy) is 1. The van der Waals surface area contributed by atoms with Crippen molar-refractivity contribution in [1.29, 1.82) is 0 Å². The van der Waals surface area contributed by atoms with Gasteiger partial charge in [-0.2, -0.15) is 0 Å². The van der Waals surface area contributed by atoms with Crippen LogP contribution in [-0.4, -0.2) is 54.4 Å². The number of carbonyl (C=O) groups excluding carboxylic acids is 1. The number of nitrogens with zero attached hydrogens (tertiary/aromatic N) is 2. The number of rotatable bonds is 6. The van der Waals surface area contributed by atoms with E-state index in [1.807, 2.05) is 13.8 Å². The Balaban J connectivity index is 1.65. The van der Waals surface area contributed by atoms with Crippen LogP contribution in [0.1, 0.15) is 37.3 Å². The molecule has 1 aliphatic rings. The zero-order chi connectivity index (χ0) is 16.1. The third-order valence-electron chi connectivity index (χ3n) is 3.99. The maximum absolute atomic E-state index is 12.0. The summed E-state index contributed by atoms with van der Waals surface area (Å²) in [6, 6.07) is 0. The Labute approximate surface area is 132 Å². The van der Waals surface area contributed by atoms with Crippen LogP contribution in [0.3, 0.4) is 0 Å². The van der Waals surface area contributed by atoms with Crippen molar-refractivity contribution in [2.24, 2.45) is 0 Å². The van der Waals surface area contributed by atoms with Gasteiger partial charge in [-0.1, -0.05) is 5.16 Å². The SMILES string of the molecule is Cc1noc(C)c1CC(=O)NCCCN1CC(C)OC(C)C1. The van der Waals surface area contributed by atoms with E-state index in [4.69, 9.17) is 9.26 Å². The van der Waals surface area contributed by atoms with Gasteiger partial charge in [-0.25, -0.2) is 0 Å². The van der Waals surface area contributed by atoms with Gasteiger partial charge in [-0.3, -0.25) is 9.69 Å². The van der Waals surface area contributed by atoms with Crippen molar-refractivity contribution in [3.8, 4) is 0 Å². The van der Waals surface area contributed by atoms with Crippen LogP contribution in [0, 0.1) is 13.8 Å². The van der Waals surface area contributed by atoms with E-state index >= 15 is 0 Å². The Morgan fingerprint density at radius 2 is 2.00 bits per heavy atom. The quantitative estimate of drug-likeness (QED) is 0.806. The standard InChI is InChI=1S/C16H27N3O3/c1-11-9-19(10-12(2)21-11)7-5-6-17-16(20)8-15-13(3)18-22-14(15)4/h11-12H,5-10H2,1-4H3,(H,17,20). The minimum absolute atomic E-state index is 0.0260. The van der Waals surface area contributed by atoms with E-state index < -0.39 is 0 Å². The normalized spacial score (nSPS) is 22.7. The fourth-order valence-electron chi connectivity index (χ4n) is 2.97. The lowest BCUT2D eigenvalue weighted by atomic mass is 10.1. The van der Waals surface area contributed by atoms with E-state index in [0.29, 0.717) is 13.0 Å². The zero-order valence-corrected chi connectivity index (χ0v) is 14.0. The Hall–Kier alpha value is -1.40. The molecule has 6 heteroatoms. The molecule has 2 heterocycles. The molecule has 0 spiro atoms. The molecule has 1 aromatic heterocycles. The van der Waals surface area contributed by atoms with Gasteiger partial charge in [0.25, 0.3) is 0 Å². The molecule has 1 aliphatic heterocycles. The Morgan fingerprint density at radius 1 is 1.32 bits per heavy atom. The molecule has 1 aromatic rings. The molecular weight excluding hydrogens is 282 g/mol. The second kappa shape index (κ2) is 7.74. The summed E-state index contributed by atoms with van der Waals surface area (Å²) in [5, 5.41) is 6.84. The number of aryl methyl sites for hydroxylation is 2. The topological polar surface area (TPSA) is 67.6 Å². The van der Waals surface area contributed by atoms with Crippen LogP contribution < -0.4 is 5.32 Å². The van der Waals surface area contributed by atoms with Crippen molar-refractivity contribution >= 4 is 5.91 Å².